The summed E-state index contributed by atoms with van der Waals surface area (Å²) >= 11 is 9.53. The molecule has 6 N–H and O–H groups in total. The Kier molecular flexibility index (Phi) is 34.3. The van der Waals surface area contributed by atoms with Gasteiger partial charge in [-0.15, -0.1) is 23.2 Å². The molecular formula is C79H106Cl2N4O22. The molecular weight excluding hydrogens is 1430 g/mol. The fraction of sp³-hybridized carbons (Fsp3) is 0.570. The number of alkyl halides is 2. The molecule has 10 atom stereocenters. The molecule has 4 fully saturated rings. The molecule has 6 aromatic rings. The second kappa shape index (κ2) is 43.1. The van der Waals surface area contributed by atoms with Gasteiger partial charge < -0.3 is 96.9 Å². The van der Waals surface area contributed by atoms with Gasteiger partial charge in [0.1, 0.15) is 96.4 Å². The minimum Gasteiger partial charge on any atom is -0.497 e. The first kappa shape index (κ1) is 85.2. The van der Waals surface area contributed by atoms with Crippen LogP contribution in [0.1, 0.15) is 155 Å². The van der Waals surface area contributed by atoms with Gasteiger partial charge in [0.15, 0.2) is 35.7 Å². The Balaban J connectivity index is 0.000000262. The summed E-state index contributed by atoms with van der Waals surface area (Å²) in [5, 5.41) is 53.6. The first-order valence-electron chi connectivity index (χ1n) is 36.8. The average molecular weight is 1530 g/mol. The highest BCUT2D eigenvalue weighted by Crippen LogP contribution is 2.45. The third kappa shape index (κ3) is 25.8. The third-order valence-electron chi connectivity index (χ3n) is 18.7. The number of nitrogens with zero attached hydrogens (tertiary/aromatic N) is 2. The Bertz CT molecular complexity index is 3650. The van der Waals surface area contributed by atoms with E-state index in [1.54, 1.807) is 28.4 Å². The SMILES string of the molecule is COc1ccc(-c2noc(CC(=O)NCCCCCCCCCCC(=O)OCC3OC(O)C(O)C(O)C3O)c2-c2ccc(OC)cc2)cc1.COc1ccc(-c2noc(CC(=O)NCCCCCCCCCCC(=O)OCC3OC4OC(C)(C)OC4C4OC(C)(C)OC34)c2-c2ccc(OC)cc2)cc1.ClCCl. The second-order valence-electron chi connectivity index (χ2n) is 27.5. The smallest absolute Gasteiger partial charge is 0.305 e. The van der Waals surface area contributed by atoms with Crippen LogP contribution in [0.4, 0.5) is 0 Å². The van der Waals surface area contributed by atoms with Gasteiger partial charge in [0.25, 0.3) is 0 Å². The summed E-state index contributed by atoms with van der Waals surface area (Å²) in [6, 6.07) is 30.3. The van der Waals surface area contributed by atoms with Gasteiger partial charge in [-0.3, -0.25) is 19.2 Å². The maximum atomic E-state index is 13.0. The van der Waals surface area contributed by atoms with Crippen molar-refractivity contribution >= 4 is 47.0 Å². The zero-order valence-corrected chi connectivity index (χ0v) is 64.0. The second-order valence-corrected chi connectivity index (χ2v) is 28.3. The number of ether oxygens (including phenoxy) is 12. The van der Waals surface area contributed by atoms with Crippen molar-refractivity contribution in [1.29, 1.82) is 0 Å². The molecule has 4 saturated heterocycles. The average Bonchev–Trinajstić information content (AvgIpc) is 1.59. The highest BCUT2D eigenvalue weighted by atomic mass is 35.5. The van der Waals surface area contributed by atoms with Crippen molar-refractivity contribution in [3.63, 3.8) is 0 Å². The summed E-state index contributed by atoms with van der Waals surface area (Å²) in [5.74, 6) is 1.39. The number of benzene rings is 4. The molecule has 10 rings (SSSR count). The topological polar surface area (TPSA) is 336 Å². The van der Waals surface area contributed by atoms with Gasteiger partial charge in [-0.2, -0.15) is 0 Å². The Morgan fingerprint density at radius 1 is 0.430 bits per heavy atom. The van der Waals surface area contributed by atoms with Gasteiger partial charge in [0.2, 0.25) is 11.8 Å². The van der Waals surface area contributed by atoms with Crippen LogP contribution < -0.4 is 29.6 Å². The summed E-state index contributed by atoms with van der Waals surface area (Å²) in [5.41, 5.74) is 6.31. The number of methoxy groups -OCH3 is 4. The fourth-order valence-electron chi connectivity index (χ4n) is 13.1. The first-order chi connectivity index (χ1) is 51.6. The van der Waals surface area contributed by atoms with E-state index in [2.05, 4.69) is 20.9 Å². The summed E-state index contributed by atoms with van der Waals surface area (Å²) in [6.45, 7) is 8.30. The molecule has 2 amide bonds. The third-order valence-corrected chi connectivity index (χ3v) is 18.7. The molecule has 107 heavy (non-hydrogen) atoms. The molecule has 0 bridgehead atoms. The summed E-state index contributed by atoms with van der Waals surface area (Å²) in [6.07, 6.45) is 6.49. The standard InChI is InChI=1S/C42H56N2O11.C36H48N2O11.CH2Cl2/c1-41(2)51-37-32(50-40-39(38(37)52-41)53-42(3,4)54-40)26-49-34(46)15-13-11-9-7-8-10-12-14-24-43-33(45)25-31-35(27-16-20-29(47-5)21-17-27)36(44-55-31)28-18-22-30(48-6)23-19-28;1-45-25-16-12-23(13-17-25)31-27(49-38-32(31)24-14-18-26(46-2)19-15-24)21-29(39)37-20-10-8-6-4-3-5-7-9-11-30(40)47-22-28-33(41)34(42)35(43)36(44)48-28;2-1-3/h16-23,32,37-40H,7-15,24-26H2,1-6H3,(H,43,45);12-19,28,33-36,41-44H,3-11,20-22H2,1-2H3,(H,37,39);1H2. The van der Waals surface area contributed by atoms with Crippen molar-refractivity contribution < 1.29 is 105 Å². The van der Waals surface area contributed by atoms with Crippen molar-refractivity contribution in [2.45, 2.75) is 229 Å². The van der Waals surface area contributed by atoms with E-state index in [4.69, 9.17) is 89.1 Å². The monoisotopic (exact) mass is 1530 g/mol. The number of hydrogen-bond donors (Lipinski definition) is 6. The lowest BCUT2D eigenvalue weighted by molar-refractivity contribution is -0.287. The predicted molar refractivity (Wildman–Crippen MR) is 397 cm³/mol. The molecule has 10 unspecified atom stereocenters. The Hall–Kier alpha value is -7.44. The maximum absolute atomic E-state index is 13.0. The van der Waals surface area contributed by atoms with E-state index >= 15 is 0 Å². The number of halogens is 2. The van der Waals surface area contributed by atoms with Crippen LogP contribution in [0.5, 0.6) is 23.0 Å². The van der Waals surface area contributed by atoms with E-state index in [0.29, 0.717) is 48.8 Å². The Morgan fingerprint density at radius 3 is 1.18 bits per heavy atom. The van der Waals surface area contributed by atoms with Crippen molar-refractivity contribution in [1.82, 2.24) is 20.9 Å². The zero-order chi connectivity index (χ0) is 76.9. The number of amides is 2. The number of aliphatic hydroxyl groups is 4. The van der Waals surface area contributed by atoms with Gasteiger partial charge in [-0.05, 0) is 137 Å². The van der Waals surface area contributed by atoms with Crippen molar-refractivity contribution in [2.24, 2.45) is 0 Å². The van der Waals surface area contributed by atoms with Gasteiger partial charge in [0.05, 0.1) is 57.7 Å². The van der Waals surface area contributed by atoms with Gasteiger partial charge in [-0.1, -0.05) is 112 Å². The number of unbranched alkanes of at least 4 members (excludes halogenated alkanes) is 14. The van der Waals surface area contributed by atoms with Crippen LogP contribution in [0.25, 0.3) is 44.8 Å². The van der Waals surface area contributed by atoms with Gasteiger partial charge in [-0.25, -0.2) is 0 Å². The molecule has 4 aliphatic heterocycles. The largest absolute Gasteiger partial charge is 0.497 e. The number of fused-ring (bicyclic) bond motifs is 3. The van der Waals surface area contributed by atoms with Crippen LogP contribution in [0, 0.1) is 0 Å². The number of aromatic nitrogens is 2. The van der Waals surface area contributed by atoms with Crippen molar-refractivity contribution in [3.8, 4) is 67.8 Å². The molecule has 0 saturated carbocycles. The number of carbonyl (C=O) groups excluding carboxylic acids is 4. The number of rotatable bonds is 38. The quantitative estimate of drug-likeness (QED) is 0.0119. The minimum absolute atomic E-state index is 0.0603. The van der Waals surface area contributed by atoms with Crippen molar-refractivity contribution in [2.75, 3.05) is 60.1 Å². The van der Waals surface area contributed by atoms with E-state index in [9.17, 15) is 39.6 Å². The summed E-state index contributed by atoms with van der Waals surface area (Å²) in [7, 11) is 6.47. The minimum atomic E-state index is -1.66. The van der Waals surface area contributed by atoms with Crippen LogP contribution in [0.15, 0.2) is 106 Å². The van der Waals surface area contributed by atoms with Gasteiger partial charge in [0, 0.05) is 37.1 Å². The van der Waals surface area contributed by atoms with E-state index in [-0.39, 0.29) is 61.7 Å². The lowest BCUT2D eigenvalue weighted by atomic mass is 9.98. The molecule has 26 nitrogen and oxygen atoms in total. The Morgan fingerprint density at radius 2 is 0.776 bits per heavy atom. The van der Waals surface area contributed by atoms with E-state index in [0.717, 1.165) is 153 Å². The van der Waals surface area contributed by atoms with Crippen molar-refractivity contribution in [3.05, 3.63) is 109 Å². The first-order valence-corrected chi connectivity index (χ1v) is 37.9. The number of aliphatic hydroxyl groups excluding tert-OH is 4. The van der Waals surface area contributed by atoms with E-state index in [1.165, 1.54) is 0 Å². The van der Waals surface area contributed by atoms with Crippen LogP contribution in [-0.2, 0) is 69.9 Å². The summed E-state index contributed by atoms with van der Waals surface area (Å²) in [4.78, 5) is 50.4. The number of carbonyl (C=O) groups is 4. The lowest BCUT2D eigenvalue weighted by Crippen LogP contribution is -2.58. The van der Waals surface area contributed by atoms with E-state index in [1.807, 2.05) is 125 Å². The van der Waals surface area contributed by atoms with Crippen LogP contribution in [0.2, 0.25) is 0 Å². The molecule has 4 aromatic carbocycles. The van der Waals surface area contributed by atoms with E-state index < -0.39 is 72.9 Å². The molecule has 0 radical (unpaired) electrons. The highest BCUT2D eigenvalue weighted by molar-refractivity contribution is 6.40. The zero-order valence-electron chi connectivity index (χ0n) is 62.5. The normalized spacial score (nSPS) is 21.6. The number of esters is 2. The molecule has 2 aromatic heterocycles. The van der Waals surface area contributed by atoms with Crippen LogP contribution in [0.3, 0.4) is 0 Å². The molecule has 0 aliphatic carbocycles. The summed E-state index contributed by atoms with van der Waals surface area (Å²) < 4.78 is 78.7. The van der Waals surface area contributed by atoms with Crippen LogP contribution in [-0.4, -0.2) is 188 Å². The molecule has 588 valence electrons. The molecule has 4 aliphatic rings. The number of hydrogen-bond acceptors (Lipinski definition) is 24. The van der Waals surface area contributed by atoms with Gasteiger partial charge >= 0.3 is 11.9 Å². The lowest BCUT2D eigenvalue weighted by Gasteiger charge is -2.37. The van der Waals surface area contributed by atoms with Crippen LogP contribution >= 0.6 is 23.2 Å². The molecule has 0 spiro atoms. The predicted octanol–water partition coefficient (Wildman–Crippen LogP) is 12.1. The number of nitrogens with one attached hydrogen (secondary N) is 2. The molecule has 28 heteroatoms. The Labute approximate surface area is 635 Å². The highest BCUT2D eigenvalue weighted by Gasteiger charge is 2.61. The molecule has 6 heterocycles. The fourth-order valence-corrected chi connectivity index (χ4v) is 13.1. The maximum Gasteiger partial charge on any atom is 0.305 e.